The third kappa shape index (κ3) is 5.94. The lowest BCUT2D eigenvalue weighted by atomic mass is 9.81. The van der Waals surface area contributed by atoms with Crippen LogP contribution in [0.25, 0.3) is 22.2 Å². The van der Waals surface area contributed by atoms with Crippen molar-refractivity contribution in [2.45, 2.75) is 75.5 Å². The number of aromatic nitrogens is 3. The van der Waals surface area contributed by atoms with Crippen LogP contribution < -0.4 is 15.8 Å². The molecule has 9 nitrogen and oxygen atoms in total. The molecule has 14 heteroatoms. The SMILES string of the molecule is CC(F)C(=O)NC1CCC(c2cnc(N)c3c(-c4cc(F)c(NS(=O)(=O)c5ccccc5F)cc4F)nn(C(C)C)c23)CC1. The number of alkyl halides is 1. The molecule has 1 saturated carbocycles. The Hall–Kier alpha value is -4.20. The number of nitrogens with two attached hydrogens (primary N) is 1. The normalized spacial score (nSPS) is 18.0. The van der Waals surface area contributed by atoms with Gasteiger partial charge in [0, 0.05) is 29.9 Å². The van der Waals surface area contributed by atoms with E-state index in [0.29, 0.717) is 42.7 Å². The van der Waals surface area contributed by atoms with Gasteiger partial charge in [0.25, 0.3) is 15.9 Å². The minimum atomic E-state index is -4.57. The van der Waals surface area contributed by atoms with Crippen LogP contribution in [-0.2, 0) is 14.8 Å². The first kappa shape index (κ1) is 31.2. The molecule has 1 amide bonds. The summed E-state index contributed by atoms with van der Waals surface area (Å²) in [5.74, 6) is -3.76. The number of carbonyl (C=O) groups is 1. The molecule has 0 spiro atoms. The molecule has 1 unspecified atom stereocenters. The van der Waals surface area contributed by atoms with Crippen molar-refractivity contribution in [3.63, 3.8) is 0 Å². The van der Waals surface area contributed by atoms with Crippen LogP contribution in [0.3, 0.4) is 0 Å². The summed E-state index contributed by atoms with van der Waals surface area (Å²) in [6.45, 7) is 4.94. The maximum Gasteiger partial charge on any atom is 0.264 e. The van der Waals surface area contributed by atoms with Gasteiger partial charge in [0.2, 0.25) is 0 Å². The van der Waals surface area contributed by atoms with Crippen LogP contribution in [0.4, 0.5) is 29.1 Å². The van der Waals surface area contributed by atoms with Gasteiger partial charge in [-0.25, -0.2) is 31.0 Å². The Kier molecular flexibility index (Phi) is 8.56. The molecule has 0 aliphatic heterocycles. The van der Waals surface area contributed by atoms with Crippen LogP contribution in [0.5, 0.6) is 0 Å². The average Bonchev–Trinajstić information content (AvgIpc) is 3.37. The van der Waals surface area contributed by atoms with E-state index in [1.807, 2.05) is 18.6 Å². The molecule has 44 heavy (non-hydrogen) atoms. The van der Waals surface area contributed by atoms with Gasteiger partial charge < -0.3 is 11.1 Å². The first-order valence-electron chi connectivity index (χ1n) is 14.2. The molecular weight excluding hydrogens is 600 g/mol. The smallest absolute Gasteiger partial charge is 0.264 e. The van der Waals surface area contributed by atoms with E-state index in [4.69, 9.17) is 5.73 Å². The van der Waals surface area contributed by atoms with E-state index in [1.54, 1.807) is 10.9 Å². The first-order chi connectivity index (χ1) is 20.8. The predicted molar refractivity (Wildman–Crippen MR) is 159 cm³/mol. The van der Waals surface area contributed by atoms with Gasteiger partial charge in [0.15, 0.2) is 6.17 Å². The van der Waals surface area contributed by atoms with Gasteiger partial charge in [0.05, 0.1) is 16.6 Å². The molecule has 2 heterocycles. The van der Waals surface area contributed by atoms with Crippen LogP contribution >= 0.6 is 0 Å². The summed E-state index contributed by atoms with van der Waals surface area (Å²) in [6.07, 6.45) is 2.59. The standard InChI is InChI=1S/C30H32F4N6O3S/c1-15(2)40-28-20(17-8-10-18(11-9-17)37-30(41)16(3)31)14-36-29(35)26(28)27(38-40)19-12-23(34)24(13-22(19)33)39-44(42,43)25-7-5-4-6-21(25)32/h4-7,12-18,39H,8-11H2,1-3H3,(H2,35,36)(H,37,41). The number of rotatable bonds is 8. The van der Waals surface area contributed by atoms with Crippen molar-refractivity contribution in [3.05, 3.63) is 65.6 Å². The second-order valence-corrected chi connectivity index (χ2v) is 12.9. The van der Waals surface area contributed by atoms with E-state index in [1.165, 1.54) is 19.1 Å². The highest BCUT2D eigenvalue weighted by Crippen LogP contribution is 2.42. The highest BCUT2D eigenvalue weighted by Gasteiger charge is 2.30. The summed E-state index contributed by atoms with van der Waals surface area (Å²) in [6, 6.07) is 5.66. The fourth-order valence-electron chi connectivity index (χ4n) is 5.61. The largest absolute Gasteiger partial charge is 0.383 e. The Morgan fingerprint density at radius 3 is 2.34 bits per heavy atom. The third-order valence-electron chi connectivity index (χ3n) is 7.83. The van der Waals surface area contributed by atoms with E-state index in [0.717, 1.165) is 23.8 Å². The number of nitrogens with zero attached hydrogens (tertiary/aromatic N) is 3. The Balaban J connectivity index is 1.53. The molecule has 2 aromatic carbocycles. The lowest BCUT2D eigenvalue weighted by Gasteiger charge is -2.30. The zero-order valence-corrected chi connectivity index (χ0v) is 25.1. The van der Waals surface area contributed by atoms with Crippen molar-refractivity contribution in [3.8, 4) is 11.3 Å². The Labute approximate surface area is 251 Å². The lowest BCUT2D eigenvalue weighted by Crippen LogP contribution is -2.40. The van der Waals surface area contributed by atoms with Crippen LogP contribution in [0.15, 0.2) is 47.5 Å². The predicted octanol–water partition coefficient (Wildman–Crippen LogP) is 5.98. The number of sulfonamides is 1. The van der Waals surface area contributed by atoms with Crippen molar-refractivity contribution < 1.29 is 30.8 Å². The maximum atomic E-state index is 15.7. The van der Waals surface area contributed by atoms with Crippen LogP contribution in [0.1, 0.15) is 64.0 Å². The number of carbonyl (C=O) groups excluding carboxylic acids is 1. The summed E-state index contributed by atoms with van der Waals surface area (Å²) in [7, 11) is -4.57. The van der Waals surface area contributed by atoms with Crippen molar-refractivity contribution in [2.24, 2.45) is 0 Å². The van der Waals surface area contributed by atoms with Gasteiger partial charge in [0.1, 0.15) is 33.9 Å². The maximum absolute atomic E-state index is 15.7. The molecule has 1 aliphatic carbocycles. The van der Waals surface area contributed by atoms with Crippen molar-refractivity contribution >= 4 is 38.3 Å². The van der Waals surface area contributed by atoms with E-state index in [9.17, 15) is 22.0 Å². The third-order valence-corrected chi connectivity index (χ3v) is 9.23. The van der Waals surface area contributed by atoms with Gasteiger partial charge in [-0.1, -0.05) is 12.1 Å². The zero-order chi connectivity index (χ0) is 31.9. The molecule has 2 aromatic heterocycles. The summed E-state index contributed by atoms with van der Waals surface area (Å²) < 4.78 is 87.5. The molecule has 0 saturated heterocycles. The fraction of sp³-hybridized carbons (Fsp3) is 0.367. The molecule has 4 aromatic rings. The number of hydrogen-bond donors (Lipinski definition) is 3. The Bertz CT molecular complexity index is 1840. The minimum Gasteiger partial charge on any atom is -0.383 e. The number of anilines is 2. The molecule has 0 bridgehead atoms. The fourth-order valence-corrected chi connectivity index (χ4v) is 6.75. The number of nitrogen functional groups attached to an aromatic ring is 1. The van der Waals surface area contributed by atoms with E-state index < -0.39 is 50.1 Å². The quantitative estimate of drug-likeness (QED) is 0.205. The number of fused-ring (bicyclic) bond motifs is 1. The van der Waals surface area contributed by atoms with Crippen LogP contribution in [0.2, 0.25) is 0 Å². The summed E-state index contributed by atoms with van der Waals surface area (Å²) in [5.41, 5.74) is 6.77. The number of pyridine rings is 1. The van der Waals surface area contributed by atoms with Crippen LogP contribution in [0, 0.1) is 17.5 Å². The number of halogens is 4. The van der Waals surface area contributed by atoms with Gasteiger partial charge in [-0.2, -0.15) is 5.10 Å². The van der Waals surface area contributed by atoms with E-state index in [-0.39, 0.29) is 35.1 Å². The van der Waals surface area contributed by atoms with Gasteiger partial charge in [-0.05, 0) is 76.1 Å². The highest BCUT2D eigenvalue weighted by molar-refractivity contribution is 7.92. The number of hydrogen-bond acceptors (Lipinski definition) is 6. The molecule has 234 valence electrons. The molecule has 1 atom stereocenters. The Morgan fingerprint density at radius 2 is 1.70 bits per heavy atom. The molecule has 4 N–H and O–H groups in total. The second-order valence-electron chi connectivity index (χ2n) is 11.2. The van der Waals surface area contributed by atoms with E-state index in [2.05, 4.69) is 15.4 Å². The van der Waals surface area contributed by atoms with Crippen LogP contribution in [-0.4, -0.2) is 41.3 Å². The minimum absolute atomic E-state index is 0.0136. The zero-order valence-electron chi connectivity index (χ0n) is 24.2. The first-order valence-corrected chi connectivity index (χ1v) is 15.6. The van der Waals surface area contributed by atoms with Crippen molar-refractivity contribution in [1.82, 2.24) is 20.1 Å². The molecule has 1 aliphatic rings. The number of amides is 1. The topological polar surface area (TPSA) is 132 Å². The molecule has 1 fully saturated rings. The highest BCUT2D eigenvalue weighted by atomic mass is 32.2. The lowest BCUT2D eigenvalue weighted by molar-refractivity contribution is -0.126. The second kappa shape index (κ2) is 12.1. The monoisotopic (exact) mass is 632 g/mol. The van der Waals surface area contributed by atoms with Crippen molar-refractivity contribution in [2.75, 3.05) is 10.5 Å². The summed E-state index contributed by atoms with van der Waals surface area (Å²) in [5, 5.41) is 7.66. The summed E-state index contributed by atoms with van der Waals surface area (Å²) >= 11 is 0. The molecule has 0 radical (unpaired) electrons. The van der Waals surface area contributed by atoms with Gasteiger partial charge in [-0.3, -0.25) is 14.2 Å². The average molecular weight is 633 g/mol. The molecular formula is C30H32F4N6O3S. The molecule has 5 rings (SSSR count). The van der Waals surface area contributed by atoms with Gasteiger partial charge >= 0.3 is 0 Å². The summed E-state index contributed by atoms with van der Waals surface area (Å²) in [4.78, 5) is 15.5. The van der Waals surface area contributed by atoms with E-state index >= 15 is 8.78 Å². The number of benzene rings is 2. The van der Waals surface area contributed by atoms with Gasteiger partial charge in [-0.15, -0.1) is 0 Å². The Morgan fingerprint density at radius 1 is 1.02 bits per heavy atom. The number of nitrogens with one attached hydrogen (secondary N) is 2. The van der Waals surface area contributed by atoms with Crippen molar-refractivity contribution in [1.29, 1.82) is 0 Å².